The number of nitrogens with one attached hydrogen (secondary N) is 1. The zero-order valence-electron chi connectivity index (χ0n) is 13.5. The third kappa shape index (κ3) is 2.94. The first-order valence-electron chi connectivity index (χ1n) is 8.14. The largest absolute Gasteiger partial charge is 0.370 e. The van der Waals surface area contributed by atoms with Crippen LogP contribution in [0.3, 0.4) is 0 Å². The van der Waals surface area contributed by atoms with Crippen molar-refractivity contribution in [1.29, 1.82) is 0 Å². The van der Waals surface area contributed by atoms with Crippen molar-refractivity contribution >= 4 is 17.7 Å². The summed E-state index contributed by atoms with van der Waals surface area (Å²) in [5.41, 5.74) is 2.36. The number of carbonyl (C=O) groups excluding carboxylic acids is 1. The van der Waals surface area contributed by atoms with Crippen LogP contribution in [0.2, 0.25) is 0 Å². The van der Waals surface area contributed by atoms with Gasteiger partial charge >= 0.3 is 0 Å². The quantitative estimate of drug-likeness (QED) is 0.930. The fraction of sp³-hybridized carbons (Fsp3) is 0.412. The van der Waals surface area contributed by atoms with Crippen molar-refractivity contribution in [2.45, 2.75) is 26.6 Å². The lowest BCUT2D eigenvalue weighted by molar-refractivity contribution is 0.102. The summed E-state index contributed by atoms with van der Waals surface area (Å²) in [4.78, 5) is 27.6. The van der Waals surface area contributed by atoms with Crippen molar-refractivity contribution in [2.24, 2.45) is 5.92 Å². The smallest absolute Gasteiger partial charge is 0.258 e. The molecule has 0 bridgehead atoms. The molecule has 1 unspecified atom stereocenters. The lowest BCUT2D eigenvalue weighted by Gasteiger charge is -2.17. The van der Waals surface area contributed by atoms with Crippen LogP contribution >= 0.6 is 0 Å². The number of carbonyl (C=O) groups is 1. The van der Waals surface area contributed by atoms with Crippen LogP contribution in [0, 0.1) is 5.92 Å². The molecule has 2 aromatic rings. The summed E-state index contributed by atoms with van der Waals surface area (Å²) in [6, 6.07) is 3.53. The molecule has 1 N–H and O–H groups in total. The van der Waals surface area contributed by atoms with E-state index in [0.29, 0.717) is 30.6 Å². The van der Waals surface area contributed by atoms with E-state index < -0.39 is 0 Å². The maximum Gasteiger partial charge on any atom is 0.258 e. The molecule has 124 valence electrons. The molecule has 1 atom stereocenters. The highest BCUT2D eigenvalue weighted by molar-refractivity contribution is 6.03. The predicted molar refractivity (Wildman–Crippen MR) is 88.7 cm³/mol. The highest BCUT2D eigenvalue weighted by Gasteiger charge is 2.21. The molecule has 1 amide bonds. The summed E-state index contributed by atoms with van der Waals surface area (Å²) in [6.45, 7) is 5.18. The number of hydrogen-bond acceptors (Lipinski definition) is 6. The second kappa shape index (κ2) is 6.16. The molecule has 2 aromatic heterocycles. The average Bonchev–Trinajstić information content (AvgIpc) is 3.23. The highest BCUT2D eigenvalue weighted by atomic mass is 16.5. The molecular formula is C17H19N5O2. The minimum Gasteiger partial charge on any atom is -0.370 e. The molecule has 0 saturated carbocycles. The third-order valence-electron chi connectivity index (χ3n) is 4.43. The van der Waals surface area contributed by atoms with Crippen molar-refractivity contribution in [3.63, 3.8) is 0 Å². The Kier molecular flexibility index (Phi) is 3.86. The molecule has 4 heterocycles. The van der Waals surface area contributed by atoms with Gasteiger partial charge in [0, 0.05) is 36.6 Å². The van der Waals surface area contributed by atoms with E-state index in [2.05, 4.69) is 32.1 Å². The minimum atomic E-state index is -0.232. The van der Waals surface area contributed by atoms with Crippen LogP contribution in [0.4, 0.5) is 11.8 Å². The Hall–Kier alpha value is -2.54. The van der Waals surface area contributed by atoms with Crippen molar-refractivity contribution in [2.75, 3.05) is 23.3 Å². The number of anilines is 2. The summed E-state index contributed by atoms with van der Waals surface area (Å²) in [5.74, 6) is 1.57. The molecule has 2 aliphatic rings. The van der Waals surface area contributed by atoms with E-state index in [0.717, 1.165) is 36.6 Å². The van der Waals surface area contributed by atoms with E-state index in [4.69, 9.17) is 4.74 Å². The van der Waals surface area contributed by atoms with Crippen molar-refractivity contribution in [3.8, 4) is 0 Å². The number of amides is 1. The first-order valence-corrected chi connectivity index (χ1v) is 8.14. The van der Waals surface area contributed by atoms with Crippen LogP contribution < -0.4 is 10.2 Å². The Morgan fingerprint density at radius 3 is 3.12 bits per heavy atom. The van der Waals surface area contributed by atoms with Crippen LogP contribution in [-0.4, -0.2) is 33.9 Å². The molecule has 4 rings (SSSR count). The predicted octanol–water partition coefficient (Wildman–Crippen LogP) is 2.00. The van der Waals surface area contributed by atoms with Crippen molar-refractivity contribution < 1.29 is 9.53 Å². The number of pyridine rings is 1. The van der Waals surface area contributed by atoms with Gasteiger partial charge in [-0.25, -0.2) is 15.0 Å². The van der Waals surface area contributed by atoms with Gasteiger partial charge in [-0.3, -0.25) is 10.1 Å². The van der Waals surface area contributed by atoms with E-state index in [1.807, 2.05) is 6.07 Å². The van der Waals surface area contributed by atoms with Gasteiger partial charge in [-0.1, -0.05) is 6.92 Å². The van der Waals surface area contributed by atoms with Gasteiger partial charge in [0.05, 0.1) is 18.9 Å². The summed E-state index contributed by atoms with van der Waals surface area (Å²) < 4.78 is 5.31. The van der Waals surface area contributed by atoms with Gasteiger partial charge in [-0.15, -0.1) is 0 Å². The first-order chi connectivity index (χ1) is 11.7. The molecular weight excluding hydrogens is 306 g/mol. The molecule has 24 heavy (non-hydrogen) atoms. The Bertz CT molecular complexity index is 779. The third-order valence-corrected chi connectivity index (χ3v) is 4.43. The van der Waals surface area contributed by atoms with Gasteiger partial charge in [0.15, 0.2) is 0 Å². The molecule has 7 nitrogen and oxygen atoms in total. The standard InChI is InChI=1S/C17H19N5O2/c1-11-3-5-22(8-11)15-6-12(2-4-18-15)16(23)21-17-19-7-13-9-24-10-14(13)20-17/h2,4,6-7,11H,3,5,8-10H2,1H3,(H,19,20,21,23). The fourth-order valence-corrected chi connectivity index (χ4v) is 3.05. The summed E-state index contributed by atoms with van der Waals surface area (Å²) >= 11 is 0. The normalized spacial score (nSPS) is 19.4. The summed E-state index contributed by atoms with van der Waals surface area (Å²) in [5, 5.41) is 2.75. The number of fused-ring (bicyclic) bond motifs is 1. The lowest BCUT2D eigenvalue weighted by atomic mass is 10.2. The Morgan fingerprint density at radius 2 is 2.29 bits per heavy atom. The lowest BCUT2D eigenvalue weighted by Crippen LogP contribution is -2.21. The van der Waals surface area contributed by atoms with E-state index in [1.54, 1.807) is 18.5 Å². The number of nitrogens with zero attached hydrogens (tertiary/aromatic N) is 4. The number of ether oxygens (including phenoxy) is 1. The molecule has 1 fully saturated rings. The van der Waals surface area contributed by atoms with Crippen LogP contribution in [-0.2, 0) is 18.0 Å². The molecule has 2 aliphatic heterocycles. The fourth-order valence-electron chi connectivity index (χ4n) is 3.05. The highest BCUT2D eigenvalue weighted by Crippen LogP contribution is 2.22. The van der Waals surface area contributed by atoms with Crippen molar-refractivity contribution in [1.82, 2.24) is 15.0 Å². The van der Waals surface area contributed by atoms with Crippen LogP contribution in [0.1, 0.15) is 35.0 Å². The molecule has 0 radical (unpaired) electrons. The molecule has 1 saturated heterocycles. The number of aromatic nitrogens is 3. The van der Waals surface area contributed by atoms with Gasteiger partial charge < -0.3 is 9.64 Å². The van der Waals surface area contributed by atoms with Gasteiger partial charge in [-0.2, -0.15) is 0 Å². The Balaban J connectivity index is 1.50. The number of rotatable bonds is 3. The molecule has 0 aliphatic carbocycles. The second-order valence-electron chi connectivity index (χ2n) is 6.36. The maximum atomic E-state index is 12.5. The Morgan fingerprint density at radius 1 is 1.38 bits per heavy atom. The second-order valence-corrected chi connectivity index (χ2v) is 6.36. The molecule has 7 heteroatoms. The van der Waals surface area contributed by atoms with Gasteiger partial charge in [0.25, 0.3) is 5.91 Å². The first kappa shape index (κ1) is 15.0. The van der Waals surface area contributed by atoms with Crippen molar-refractivity contribution in [3.05, 3.63) is 41.3 Å². The monoisotopic (exact) mass is 325 g/mol. The van der Waals surface area contributed by atoms with Gasteiger partial charge in [0.2, 0.25) is 5.95 Å². The van der Waals surface area contributed by atoms with Crippen LogP contribution in [0.25, 0.3) is 0 Å². The summed E-state index contributed by atoms with van der Waals surface area (Å²) in [6.07, 6.45) is 4.53. The zero-order valence-corrected chi connectivity index (χ0v) is 13.5. The van der Waals surface area contributed by atoms with Gasteiger partial charge in [0.1, 0.15) is 5.82 Å². The number of hydrogen-bond donors (Lipinski definition) is 1. The summed E-state index contributed by atoms with van der Waals surface area (Å²) in [7, 11) is 0. The molecule has 0 aromatic carbocycles. The van der Waals surface area contributed by atoms with E-state index >= 15 is 0 Å². The SMILES string of the molecule is CC1CCN(c2cc(C(=O)Nc3ncc4c(n3)COC4)ccn2)C1. The van der Waals surface area contributed by atoms with E-state index in [1.165, 1.54) is 0 Å². The van der Waals surface area contributed by atoms with Gasteiger partial charge in [-0.05, 0) is 24.5 Å². The van der Waals surface area contributed by atoms with E-state index in [9.17, 15) is 4.79 Å². The maximum absolute atomic E-state index is 12.5. The van der Waals surface area contributed by atoms with E-state index in [-0.39, 0.29) is 5.91 Å². The topological polar surface area (TPSA) is 80.2 Å². The average molecular weight is 325 g/mol. The van der Waals surface area contributed by atoms with Crippen LogP contribution in [0.5, 0.6) is 0 Å². The Labute approximate surface area is 140 Å². The minimum absolute atomic E-state index is 0.232. The zero-order chi connectivity index (χ0) is 16.5. The van der Waals surface area contributed by atoms with Crippen LogP contribution in [0.15, 0.2) is 24.5 Å². The molecule has 0 spiro atoms.